The van der Waals surface area contributed by atoms with Crippen LogP contribution in [0.15, 0.2) is 78.7 Å². The Labute approximate surface area is 137 Å². The SMILES string of the molecule is CCN(c1ccc(Cc2ccccc2)cc1)C1C=CC(F)=CC1. The Morgan fingerprint density at radius 3 is 2.30 bits per heavy atom. The van der Waals surface area contributed by atoms with Crippen molar-refractivity contribution < 1.29 is 4.39 Å². The number of halogens is 1. The van der Waals surface area contributed by atoms with Crippen molar-refractivity contribution in [3.05, 3.63) is 89.8 Å². The molecule has 0 saturated heterocycles. The van der Waals surface area contributed by atoms with Crippen LogP contribution in [0, 0.1) is 0 Å². The summed E-state index contributed by atoms with van der Waals surface area (Å²) in [5.74, 6) is -0.129. The Bertz CT molecular complexity index is 686. The first kappa shape index (κ1) is 15.5. The molecule has 0 aliphatic heterocycles. The molecular formula is C21H22FN. The lowest BCUT2D eigenvalue weighted by atomic mass is 10.0. The van der Waals surface area contributed by atoms with Gasteiger partial charge < -0.3 is 4.90 Å². The molecule has 0 heterocycles. The molecule has 0 N–H and O–H groups in total. The molecule has 0 radical (unpaired) electrons. The summed E-state index contributed by atoms with van der Waals surface area (Å²) in [7, 11) is 0. The number of hydrogen-bond donors (Lipinski definition) is 0. The van der Waals surface area contributed by atoms with Gasteiger partial charge in [-0.3, -0.25) is 0 Å². The molecule has 1 unspecified atom stereocenters. The maximum atomic E-state index is 13.1. The summed E-state index contributed by atoms with van der Waals surface area (Å²) in [6.45, 7) is 3.04. The predicted molar refractivity (Wildman–Crippen MR) is 95.4 cm³/mol. The van der Waals surface area contributed by atoms with Crippen molar-refractivity contribution >= 4 is 5.69 Å². The van der Waals surface area contributed by atoms with E-state index >= 15 is 0 Å². The fraction of sp³-hybridized carbons (Fsp3) is 0.238. The van der Waals surface area contributed by atoms with Crippen LogP contribution in [0.2, 0.25) is 0 Å². The van der Waals surface area contributed by atoms with Crippen LogP contribution in [0.25, 0.3) is 0 Å². The van der Waals surface area contributed by atoms with Crippen LogP contribution in [0.5, 0.6) is 0 Å². The molecule has 118 valence electrons. The van der Waals surface area contributed by atoms with Gasteiger partial charge in [0.2, 0.25) is 0 Å². The van der Waals surface area contributed by atoms with E-state index in [1.54, 1.807) is 12.2 Å². The molecule has 0 aromatic heterocycles. The molecule has 0 bridgehead atoms. The molecule has 0 fully saturated rings. The highest BCUT2D eigenvalue weighted by Crippen LogP contribution is 2.24. The number of nitrogens with zero attached hydrogens (tertiary/aromatic N) is 1. The van der Waals surface area contributed by atoms with Crippen LogP contribution in [0.3, 0.4) is 0 Å². The summed E-state index contributed by atoms with van der Waals surface area (Å²) in [5.41, 5.74) is 3.82. The average Bonchev–Trinajstić information content (AvgIpc) is 2.60. The van der Waals surface area contributed by atoms with Gasteiger partial charge in [-0.1, -0.05) is 48.5 Å². The monoisotopic (exact) mass is 307 g/mol. The van der Waals surface area contributed by atoms with Gasteiger partial charge in [-0.2, -0.15) is 0 Å². The van der Waals surface area contributed by atoms with Crippen LogP contribution in [-0.4, -0.2) is 12.6 Å². The van der Waals surface area contributed by atoms with Crippen LogP contribution < -0.4 is 4.90 Å². The molecule has 0 saturated carbocycles. The number of anilines is 1. The molecular weight excluding hydrogens is 285 g/mol. The number of likely N-dealkylation sites (N-methyl/N-ethyl adjacent to an activating group) is 1. The minimum absolute atomic E-state index is 0.129. The van der Waals surface area contributed by atoms with E-state index in [0.717, 1.165) is 19.4 Å². The van der Waals surface area contributed by atoms with Gasteiger partial charge in [-0.15, -0.1) is 0 Å². The normalized spacial score (nSPS) is 17.0. The van der Waals surface area contributed by atoms with Crippen LogP contribution >= 0.6 is 0 Å². The zero-order valence-electron chi connectivity index (χ0n) is 13.5. The van der Waals surface area contributed by atoms with E-state index in [-0.39, 0.29) is 11.9 Å². The lowest BCUT2D eigenvalue weighted by Crippen LogP contribution is -2.34. The topological polar surface area (TPSA) is 3.24 Å². The van der Waals surface area contributed by atoms with Crippen molar-refractivity contribution in [2.75, 3.05) is 11.4 Å². The van der Waals surface area contributed by atoms with Crippen molar-refractivity contribution in [2.24, 2.45) is 0 Å². The van der Waals surface area contributed by atoms with Crippen LogP contribution in [0.4, 0.5) is 10.1 Å². The second-order valence-corrected chi connectivity index (χ2v) is 5.87. The smallest absolute Gasteiger partial charge is 0.119 e. The quantitative estimate of drug-likeness (QED) is 0.726. The fourth-order valence-corrected chi connectivity index (χ4v) is 3.06. The summed E-state index contributed by atoms with van der Waals surface area (Å²) in [4.78, 5) is 2.31. The van der Waals surface area contributed by atoms with E-state index in [2.05, 4.69) is 60.4 Å². The minimum atomic E-state index is -0.129. The highest BCUT2D eigenvalue weighted by atomic mass is 19.1. The molecule has 2 aromatic carbocycles. The van der Waals surface area contributed by atoms with Gasteiger partial charge in [0.1, 0.15) is 5.83 Å². The number of benzene rings is 2. The second-order valence-electron chi connectivity index (χ2n) is 5.87. The maximum absolute atomic E-state index is 13.1. The summed E-state index contributed by atoms with van der Waals surface area (Å²) < 4.78 is 13.1. The Balaban J connectivity index is 1.71. The van der Waals surface area contributed by atoms with Gasteiger partial charge in [0.25, 0.3) is 0 Å². The first-order valence-corrected chi connectivity index (χ1v) is 8.19. The number of allylic oxidation sites excluding steroid dienone is 2. The third-order valence-electron chi connectivity index (χ3n) is 4.29. The van der Waals surface area contributed by atoms with E-state index in [9.17, 15) is 4.39 Å². The molecule has 1 atom stereocenters. The van der Waals surface area contributed by atoms with Gasteiger partial charge in [-0.05, 0) is 55.2 Å². The first-order chi connectivity index (χ1) is 11.3. The Morgan fingerprint density at radius 2 is 1.70 bits per heavy atom. The fourth-order valence-electron chi connectivity index (χ4n) is 3.06. The zero-order chi connectivity index (χ0) is 16.1. The van der Waals surface area contributed by atoms with Crippen molar-refractivity contribution in [3.63, 3.8) is 0 Å². The Morgan fingerprint density at radius 1 is 1.00 bits per heavy atom. The molecule has 0 amide bonds. The molecule has 23 heavy (non-hydrogen) atoms. The Hall–Kier alpha value is -2.35. The van der Waals surface area contributed by atoms with Gasteiger partial charge in [0.05, 0.1) is 6.04 Å². The van der Waals surface area contributed by atoms with E-state index in [1.807, 2.05) is 12.1 Å². The molecule has 2 aromatic rings. The lowest BCUT2D eigenvalue weighted by molar-refractivity contribution is 0.626. The van der Waals surface area contributed by atoms with Gasteiger partial charge >= 0.3 is 0 Å². The van der Waals surface area contributed by atoms with E-state index in [4.69, 9.17) is 0 Å². The molecule has 2 heteroatoms. The minimum Gasteiger partial charge on any atom is -0.365 e. The summed E-state index contributed by atoms with van der Waals surface area (Å²) in [6, 6.07) is 19.5. The van der Waals surface area contributed by atoms with Gasteiger partial charge in [0, 0.05) is 12.2 Å². The maximum Gasteiger partial charge on any atom is 0.119 e. The molecule has 1 nitrogen and oxygen atoms in total. The molecule has 1 aliphatic carbocycles. The van der Waals surface area contributed by atoms with E-state index in [1.165, 1.54) is 16.8 Å². The summed E-state index contributed by atoms with van der Waals surface area (Å²) in [5, 5.41) is 0. The summed E-state index contributed by atoms with van der Waals surface area (Å²) >= 11 is 0. The predicted octanol–water partition coefficient (Wildman–Crippen LogP) is 5.29. The summed E-state index contributed by atoms with van der Waals surface area (Å²) in [6.07, 6.45) is 6.86. The molecule has 1 aliphatic rings. The Kier molecular flexibility index (Phi) is 4.92. The standard InChI is InChI=1S/C21H22FN/c1-2-23(21-14-10-19(22)11-15-21)20-12-8-18(9-13-20)16-17-6-4-3-5-7-17/h3-14,21H,2,15-16H2,1H3. The lowest BCUT2D eigenvalue weighted by Gasteiger charge is -2.31. The van der Waals surface area contributed by atoms with Gasteiger partial charge in [0.15, 0.2) is 0 Å². The number of rotatable bonds is 5. The van der Waals surface area contributed by atoms with Crippen LogP contribution in [-0.2, 0) is 6.42 Å². The number of hydrogen-bond acceptors (Lipinski definition) is 1. The van der Waals surface area contributed by atoms with Gasteiger partial charge in [-0.25, -0.2) is 4.39 Å². The van der Waals surface area contributed by atoms with E-state index < -0.39 is 0 Å². The second kappa shape index (κ2) is 7.28. The van der Waals surface area contributed by atoms with Crippen LogP contribution in [0.1, 0.15) is 24.5 Å². The zero-order valence-corrected chi connectivity index (χ0v) is 13.5. The third-order valence-corrected chi connectivity index (χ3v) is 4.29. The third kappa shape index (κ3) is 3.89. The van der Waals surface area contributed by atoms with Crippen molar-refractivity contribution in [1.82, 2.24) is 0 Å². The average molecular weight is 307 g/mol. The van der Waals surface area contributed by atoms with Crippen molar-refractivity contribution in [1.29, 1.82) is 0 Å². The van der Waals surface area contributed by atoms with Crippen molar-refractivity contribution in [2.45, 2.75) is 25.8 Å². The highest BCUT2D eigenvalue weighted by Gasteiger charge is 2.16. The molecule has 3 rings (SSSR count). The largest absolute Gasteiger partial charge is 0.365 e. The van der Waals surface area contributed by atoms with Crippen molar-refractivity contribution in [3.8, 4) is 0 Å². The first-order valence-electron chi connectivity index (χ1n) is 8.19. The van der Waals surface area contributed by atoms with E-state index in [0.29, 0.717) is 0 Å². The highest BCUT2D eigenvalue weighted by molar-refractivity contribution is 5.50. The molecule has 0 spiro atoms.